The summed E-state index contributed by atoms with van der Waals surface area (Å²) in [6.45, 7) is 11.4. The van der Waals surface area contributed by atoms with Crippen LogP contribution in [0.4, 0.5) is 0 Å². The van der Waals surface area contributed by atoms with E-state index >= 15 is 0 Å². The van der Waals surface area contributed by atoms with E-state index < -0.39 is 0 Å². The van der Waals surface area contributed by atoms with Crippen LogP contribution in [0.2, 0.25) is 0 Å². The predicted molar refractivity (Wildman–Crippen MR) is 79.5 cm³/mol. The van der Waals surface area contributed by atoms with E-state index in [9.17, 15) is 0 Å². The van der Waals surface area contributed by atoms with Crippen molar-refractivity contribution in [1.82, 2.24) is 0 Å². The number of rotatable bonds is 6. The number of hydrogen-bond donors (Lipinski definition) is 0. The molecule has 0 fully saturated rings. The maximum Gasteiger partial charge on any atom is 0.125 e. The lowest BCUT2D eigenvalue weighted by atomic mass is 9.89. The monoisotopic (exact) mass is 246 g/mol. The standard InChI is InChI=1S/C17H26O/c1-6-9-10-15(7-2)16-12-13(4)11-14(5)17(16)18-8-3/h6,9,11-12,15H,7-8,10H2,1-5H3/b9-6-. The molecule has 0 amide bonds. The molecule has 0 radical (unpaired) electrons. The summed E-state index contributed by atoms with van der Waals surface area (Å²) in [5.41, 5.74) is 3.95. The molecule has 0 aliphatic carbocycles. The Balaban J connectivity index is 3.17. The van der Waals surface area contributed by atoms with Crippen molar-refractivity contribution >= 4 is 0 Å². The lowest BCUT2D eigenvalue weighted by Gasteiger charge is -2.20. The lowest BCUT2D eigenvalue weighted by molar-refractivity contribution is 0.331. The van der Waals surface area contributed by atoms with Gasteiger partial charge in [0.25, 0.3) is 0 Å². The molecule has 1 unspecified atom stereocenters. The summed E-state index contributed by atoms with van der Waals surface area (Å²) in [7, 11) is 0. The third-order valence-corrected chi connectivity index (χ3v) is 3.33. The van der Waals surface area contributed by atoms with Crippen molar-refractivity contribution in [3.8, 4) is 5.75 Å². The van der Waals surface area contributed by atoms with Gasteiger partial charge in [0.1, 0.15) is 5.75 Å². The highest BCUT2D eigenvalue weighted by molar-refractivity contribution is 5.46. The molecule has 1 heteroatoms. The average molecular weight is 246 g/mol. The van der Waals surface area contributed by atoms with Crippen LogP contribution < -0.4 is 4.74 Å². The molecule has 1 nitrogen and oxygen atoms in total. The van der Waals surface area contributed by atoms with Crippen molar-refractivity contribution in [1.29, 1.82) is 0 Å². The third kappa shape index (κ3) is 3.63. The molecule has 0 aliphatic rings. The summed E-state index contributed by atoms with van der Waals surface area (Å²) < 4.78 is 5.86. The number of aryl methyl sites for hydroxylation is 2. The van der Waals surface area contributed by atoms with Gasteiger partial charge in [-0.15, -0.1) is 0 Å². The number of benzene rings is 1. The van der Waals surface area contributed by atoms with Gasteiger partial charge >= 0.3 is 0 Å². The fourth-order valence-corrected chi connectivity index (χ4v) is 2.45. The maximum atomic E-state index is 5.86. The SMILES string of the molecule is C/C=C\CC(CC)c1cc(C)cc(C)c1OCC. The molecule has 0 saturated carbocycles. The summed E-state index contributed by atoms with van der Waals surface area (Å²) >= 11 is 0. The van der Waals surface area contributed by atoms with Gasteiger partial charge in [-0.25, -0.2) is 0 Å². The van der Waals surface area contributed by atoms with Crippen molar-refractivity contribution in [3.05, 3.63) is 41.0 Å². The molecule has 0 aromatic heterocycles. The van der Waals surface area contributed by atoms with Gasteiger partial charge in [-0.05, 0) is 57.6 Å². The highest BCUT2D eigenvalue weighted by Crippen LogP contribution is 2.35. The largest absolute Gasteiger partial charge is 0.493 e. The molecule has 0 spiro atoms. The van der Waals surface area contributed by atoms with Crippen LogP contribution in [-0.2, 0) is 0 Å². The summed E-state index contributed by atoms with van der Waals surface area (Å²) in [5.74, 6) is 1.65. The van der Waals surface area contributed by atoms with E-state index in [0.29, 0.717) is 5.92 Å². The third-order valence-electron chi connectivity index (χ3n) is 3.33. The maximum absolute atomic E-state index is 5.86. The molecule has 0 saturated heterocycles. The van der Waals surface area contributed by atoms with E-state index in [1.54, 1.807) is 0 Å². The molecular weight excluding hydrogens is 220 g/mol. The van der Waals surface area contributed by atoms with Crippen LogP contribution >= 0.6 is 0 Å². The molecule has 1 aromatic carbocycles. The second kappa shape index (κ2) is 7.25. The van der Waals surface area contributed by atoms with Gasteiger partial charge in [-0.1, -0.05) is 36.8 Å². The topological polar surface area (TPSA) is 9.23 Å². The summed E-state index contributed by atoms with van der Waals surface area (Å²) in [4.78, 5) is 0. The molecule has 18 heavy (non-hydrogen) atoms. The zero-order valence-corrected chi connectivity index (χ0v) is 12.4. The van der Waals surface area contributed by atoms with Gasteiger partial charge in [-0.3, -0.25) is 0 Å². The predicted octanol–water partition coefficient (Wildman–Crippen LogP) is 5.16. The van der Waals surface area contributed by atoms with E-state index in [1.165, 1.54) is 16.7 Å². The van der Waals surface area contributed by atoms with Crippen LogP contribution in [0.5, 0.6) is 5.75 Å². The first-order valence-corrected chi connectivity index (χ1v) is 6.99. The molecule has 1 aromatic rings. The Bertz CT molecular complexity index is 404. The Morgan fingerprint density at radius 2 is 1.94 bits per heavy atom. The Morgan fingerprint density at radius 1 is 1.22 bits per heavy atom. The molecular formula is C17H26O. The zero-order valence-electron chi connectivity index (χ0n) is 12.4. The van der Waals surface area contributed by atoms with Gasteiger partial charge in [-0.2, -0.15) is 0 Å². The van der Waals surface area contributed by atoms with Crippen molar-refractivity contribution in [2.75, 3.05) is 6.61 Å². The number of ether oxygens (including phenoxy) is 1. The van der Waals surface area contributed by atoms with Crippen LogP contribution in [0.15, 0.2) is 24.3 Å². The Kier molecular flexibility index (Phi) is 5.97. The van der Waals surface area contributed by atoms with E-state index in [0.717, 1.165) is 25.2 Å². The van der Waals surface area contributed by atoms with Crippen molar-refractivity contribution in [2.45, 2.75) is 53.4 Å². The van der Waals surface area contributed by atoms with Crippen molar-refractivity contribution in [2.24, 2.45) is 0 Å². The minimum absolute atomic E-state index is 0.557. The first-order valence-electron chi connectivity index (χ1n) is 6.99. The van der Waals surface area contributed by atoms with Gasteiger partial charge in [0.15, 0.2) is 0 Å². The quantitative estimate of drug-likeness (QED) is 0.630. The van der Waals surface area contributed by atoms with Gasteiger partial charge in [0.2, 0.25) is 0 Å². The minimum Gasteiger partial charge on any atom is -0.493 e. The van der Waals surface area contributed by atoms with Crippen LogP contribution in [0.25, 0.3) is 0 Å². The van der Waals surface area contributed by atoms with E-state index in [2.05, 4.69) is 58.9 Å². The highest BCUT2D eigenvalue weighted by atomic mass is 16.5. The second-order valence-electron chi connectivity index (χ2n) is 4.84. The zero-order chi connectivity index (χ0) is 13.5. The first-order chi connectivity index (χ1) is 8.63. The van der Waals surface area contributed by atoms with E-state index in [1.807, 2.05) is 0 Å². The van der Waals surface area contributed by atoms with Crippen LogP contribution in [0.1, 0.15) is 56.2 Å². The molecule has 1 rings (SSSR count). The molecule has 100 valence electrons. The smallest absolute Gasteiger partial charge is 0.125 e. The second-order valence-corrected chi connectivity index (χ2v) is 4.84. The van der Waals surface area contributed by atoms with Crippen LogP contribution in [0, 0.1) is 13.8 Å². The Morgan fingerprint density at radius 3 is 2.50 bits per heavy atom. The molecule has 0 heterocycles. The van der Waals surface area contributed by atoms with Crippen molar-refractivity contribution < 1.29 is 4.74 Å². The Hall–Kier alpha value is -1.24. The highest BCUT2D eigenvalue weighted by Gasteiger charge is 2.16. The van der Waals surface area contributed by atoms with Crippen molar-refractivity contribution in [3.63, 3.8) is 0 Å². The van der Waals surface area contributed by atoms with Gasteiger partial charge in [0.05, 0.1) is 6.61 Å². The summed E-state index contributed by atoms with van der Waals surface area (Å²) in [6.07, 6.45) is 6.62. The molecule has 1 atom stereocenters. The number of hydrogen-bond acceptors (Lipinski definition) is 1. The summed E-state index contributed by atoms with van der Waals surface area (Å²) in [5, 5.41) is 0. The van der Waals surface area contributed by atoms with E-state index in [4.69, 9.17) is 4.74 Å². The average Bonchev–Trinajstić information content (AvgIpc) is 2.34. The van der Waals surface area contributed by atoms with Crippen LogP contribution in [0.3, 0.4) is 0 Å². The van der Waals surface area contributed by atoms with Crippen LogP contribution in [-0.4, -0.2) is 6.61 Å². The summed E-state index contributed by atoms with van der Waals surface area (Å²) in [6, 6.07) is 4.49. The number of allylic oxidation sites excluding steroid dienone is 2. The normalized spacial score (nSPS) is 12.9. The fourth-order valence-electron chi connectivity index (χ4n) is 2.45. The van der Waals surface area contributed by atoms with Gasteiger partial charge < -0.3 is 4.74 Å². The molecule has 0 N–H and O–H groups in total. The molecule has 0 aliphatic heterocycles. The van der Waals surface area contributed by atoms with Gasteiger partial charge in [0, 0.05) is 0 Å². The molecule has 0 bridgehead atoms. The lowest BCUT2D eigenvalue weighted by Crippen LogP contribution is -2.04. The van der Waals surface area contributed by atoms with E-state index in [-0.39, 0.29) is 0 Å². The first kappa shape index (κ1) is 14.8. The minimum atomic E-state index is 0.557. The fraction of sp³-hybridized carbons (Fsp3) is 0.529. The Labute approximate surface area is 112 Å².